The van der Waals surface area contributed by atoms with Crippen LogP contribution in [0.5, 0.6) is 11.5 Å². The van der Waals surface area contributed by atoms with Crippen molar-refractivity contribution in [3.63, 3.8) is 0 Å². The zero-order valence-electron chi connectivity index (χ0n) is 18.4. The van der Waals surface area contributed by atoms with Crippen molar-refractivity contribution in [2.45, 2.75) is 17.9 Å². The summed E-state index contributed by atoms with van der Waals surface area (Å²) in [6.07, 6.45) is 0. The van der Waals surface area contributed by atoms with E-state index in [0.717, 1.165) is 16.6 Å². The summed E-state index contributed by atoms with van der Waals surface area (Å²) in [7, 11) is 4.84. The van der Waals surface area contributed by atoms with Crippen LogP contribution in [0.4, 0.5) is 0 Å². The van der Waals surface area contributed by atoms with E-state index in [9.17, 15) is 4.79 Å². The van der Waals surface area contributed by atoms with Gasteiger partial charge in [0.2, 0.25) is 11.7 Å². The number of rotatable bonds is 6. The third-order valence-corrected chi connectivity index (χ3v) is 6.12. The van der Waals surface area contributed by atoms with E-state index in [2.05, 4.69) is 20.4 Å². The summed E-state index contributed by atoms with van der Waals surface area (Å²) in [6, 6.07) is 11.1. The van der Waals surface area contributed by atoms with Crippen LogP contribution in [-0.2, 0) is 12.8 Å². The van der Waals surface area contributed by atoms with Gasteiger partial charge in [0.05, 0.1) is 30.9 Å². The molecule has 0 atom stereocenters. The fourth-order valence-electron chi connectivity index (χ4n) is 3.63. The third kappa shape index (κ3) is 3.59. The maximum Gasteiger partial charge on any atom is 0.277 e. The first-order valence-corrected chi connectivity index (χ1v) is 11.0. The van der Waals surface area contributed by atoms with Crippen LogP contribution < -0.4 is 15.0 Å². The summed E-state index contributed by atoms with van der Waals surface area (Å²) in [5.74, 6) is 3.13. The number of ether oxygens (including phenoxy) is 2. The number of aryl methyl sites for hydroxylation is 2. The molecular weight excluding hydrogens is 444 g/mol. The number of methoxy groups -OCH3 is 2. The highest BCUT2D eigenvalue weighted by molar-refractivity contribution is 7.98. The Hall–Kier alpha value is -3.86. The molecule has 5 aromatic rings. The topological polar surface area (TPSA) is 110 Å². The van der Waals surface area contributed by atoms with E-state index in [-0.39, 0.29) is 5.56 Å². The minimum atomic E-state index is -0.107. The Morgan fingerprint density at radius 1 is 1.00 bits per heavy atom. The Labute approximate surface area is 192 Å². The second kappa shape index (κ2) is 8.24. The Balaban J connectivity index is 1.45. The van der Waals surface area contributed by atoms with Gasteiger partial charge in [0.15, 0.2) is 11.5 Å². The molecular formula is C22H20N6O4S. The van der Waals surface area contributed by atoms with Crippen LogP contribution in [0.2, 0.25) is 0 Å². The first kappa shape index (κ1) is 21.0. The van der Waals surface area contributed by atoms with Crippen molar-refractivity contribution in [1.29, 1.82) is 0 Å². The molecule has 0 N–H and O–H groups in total. The number of aromatic nitrogens is 6. The van der Waals surface area contributed by atoms with Crippen molar-refractivity contribution >= 4 is 28.4 Å². The van der Waals surface area contributed by atoms with Crippen LogP contribution in [0.15, 0.2) is 50.8 Å². The lowest BCUT2D eigenvalue weighted by Gasteiger charge is -2.08. The highest BCUT2D eigenvalue weighted by Crippen LogP contribution is 2.33. The van der Waals surface area contributed by atoms with Gasteiger partial charge in [0.25, 0.3) is 10.8 Å². The first-order chi connectivity index (χ1) is 16.0. The fraction of sp³-hybridized carbons (Fsp3) is 0.227. The second-order valence-electron chi connectivity index (χ2n) is 7.37. The molecule has 5 rings (SSSR count). The monoisotopic (exact) mass is 464 g/mol. The Morgan fingerprint density at radius 2 is 1.82 bits per heavy atom. The molecule has 3 heterocycles. The van der Waals surface area contributed by atoms with E-state index in [1.165, 1.54) is 16.3 Å². The number of fused-ring (bicyclic) bond motifs is 3. The Bertz CT molecular complexity index is 1550. The lowest BCUT2D eigenvalue weighted by molar-refractivity contribution is 0.355. The molecule has 2 aromatic carbocycles. The average Bonchev–Trinajstić information content (AvgIpc) is 3.48. The van der Waals surface area contributed by atoms with Gasteiger partial charge in [-0.2, -0.15) is 0 Å². The second-order valence-corrected chi connectivity index (χ2v) is 8.29. The molecule has 33 heavy (non-hydrogen) atoms. The van der Waals surface area contributed by atoms with Crippen molar-refractivity contribution in [2.24, 2.45) is 7.05 Å². The molecule has 0 amide bonds. The van der Waals surface area contributed by atoms with E-state index < -0.39 is 0 Å². The molecule has 0 saturated heterocycles. The predicted molar refractivity (Wildman–Crippen MR) is 123 cm³/mol. The zero-order valence-corrected chi connectivity index (χ0v) is 19.2. The maximum atomic E-state index is 12.7. The summed E-state index contributed by atoms with van der Waals surface area (Å²) in [5.41, 5.74) is 2.38. The molecule has 0 radical (unpaired) electrons. The molecule has 0 fully saturated rings. The molecule has 0 saturated carbocycles. The van der Waals surface area contributed by atoms with Crippen molar-refractivity contribution in [3.05, 3.63) is 58.1 Å². The van der Waals surface area contributed by atoms with Crippen molar-refractivity contribution in [1.82, 2.24) is 29.4 Å². The molecule has 0 unspecified atom stereocenters. The van der Waals surface area contributed by atoms with E-state index >= 15 is 0 Å². The highest BCUT2D eigenvalue weighted by Gasteiger charge is 2.17. The van der Waals surface area contributed by atoms with Gasteiger partial charge < -0.3 is 13.9 Å². The third-order valence-electron chi connectivity index (χ3n) is 5.30. The highest BCUT2D eigenvalue weighted by atomic mass is 32.2. The molecule has 11 heteroatoms. The van der Waals surface area contributed by atoms with Gasteiger partial charge in [-0.1, -0.05) is 23.4 Å². The standard InChI is InChI=1S/C22H20N6O4S/c1-12-5-7-15-14(9-12)20(29)27(2)21-25-23-18(28(15)21)11-33-22-26-24-19(32-22)13-6-8-16(30-3)17(10-13)31-4/h5-10H,11H2,1-4H3. The van der Waals surface area contributed by atoms with Crippen molar-refractivity contribution < 1.29 is 13.9 Å². The number of hydrogen-bond acceptors (Lipinski definition) is 9. The van der Waals surface area contributed by atoms with Gasteiger partial charge in [-0.15, -0.1) is 20.4 Å². The predicted octanol–water partition coefficient (Wildman–Crippen LogP) is 3.25. The largest absolute Gasteiger partial charge is 0.493 e. The summed E-state index contributed by atoms with van der Waals surface area (Å²) >= 11 is 1.34. The molecule has 168 valence electrons. The van der Waals surface area contributed by atoms with Gasteiger partial charge in [-0.05, 0) is 37.3 Å². The molecule has 3 aromatic heterocycles. The number of thioether (sulfide) groups is 1. The first-order valence-electron chi connectivity index (χ1n) is 10.0. The van der Waals surface area contributed by atoms with Crippen LogP contribution in [0.1, 0.15) is 11.4 Å². The van der Waals surface area contributed by atoms with Gasteiger partial charge in [-0.3, -0.25) is 13.8 Å². The molecule has 0 bridgehead atoms. The SMILES string of the molecule is COc1ccc(-c2nnc(SCc3nnc4n(C)c(=O)c5cc(C)ccc5n34)o2)cc1OC. The van der Waals surface area contributed by atoms with E-state index in [1.807, 2.05) is 35.6 Å². The molecule has 0 aliphatic heterocycles. The van der Waals surface area contributed by atoms with Gasteiger partial charge in [0.1, 0.15) is 5.82 Å². The lowest BCUT2D eigenvalue weighted by Crippen LogP contribution is -2.20. The van der Waals surface area contributed by atoms with Crippen molar-refractivity contribution in [3.8, 4) is 23.0 Å². The molecule has 10 nitrogen and oxygen atoms in total. The molecule has 0 aliphatic rings. The van der Waals surface area contributed by atoms with Gasteiger partial charge in [-0.25, -0.2) is 0 Å². The lowest BCUT2D eigenvalue weighted by atomic mass is 10.1. The minimum Gasteiger partial charge on any atom is -0.493 e. The van der Waals surface area contributed by atoms with E-state index in [1.54, 1.807) is 33.4 Å². The van der Waals surface area contributed by atoms with E-state index in [0.29, 0.717) is 45.4 Å². The van der Waals surface area contributed by atoms with Gasteiger partial charge >= 0.3 is 0 Å². The number of benzene rings is 2. The van der Waals surface area contributed by atoms with Crippen LogP contribution in [0.25, 0.3) is 28.1 Å². The number of nitrogens with zero attached hydrogens (tertiary/aromatic N) is 6. The average molecular weight is 465 g/mol. The maximum absolute atomic E-state index is 12.7. The van der Waals surface area contributed by atoms with Crippen LogP contribution in [0.3, 0.4) is 0 Å². The normalized spacial score (nSPS) is 11.4. The smallest absolute Gasteiger partial charge is 0.277 e. The summed E-state index contributed by atoms with van der Waals surface area (Å²) < 4.78 is 19.8. The number of hydrogen-bond donors (Lipinski definition) is 0. The summed E-state index contributed by atoms with van der Waals surface area (Å²) in [6.45, 7) is 1.96. The van der Waals surface area contributed by atoms with Crippen molar-refractivity contribution in [2.75, 3.05) is 14.2 Å². The van der Waals surface area contributed by atoms with Gasteiger partial charge in [0, 0.05) is 12.6 Å². The van der Waals surface area contributed by atoms with E-state index in [4.69, 9.17) is 13.9 Å². The Morgan fingerprint density at radius 3 is 2.61 bits per heavy atom. The zero-order chi connectivity index (χ0) is 23.1. The minimum absolute atomic E-state index is 0.107. The quantitative estimate of drug-likeness (QED) is 0.350. The Kier molecular flexibility index (Phi) is 5.25. The van der Waals surface area contributed by atoms with Crippen LogP contribution >= 0.6 is 11.8 Å². The molecule has 0 spiro atoms. The summed E-state index contributed by atoms with van der Waals surface area (Å²) in [5, 5.41) is 17.8. The molecule has 0 aliphatic carbocycles. The summed E-state index contributed by atoms with van der Waals surface area (Å²) in [4.78, 5) is 12.7. The fourth-order valence-corrected chi connectivity index (χ4v) is 4.31. The van der Waals surface area contributed by atoms with Crippen LogP contribution in [-0.4, -0.2) is 43.6 Å². The van der Waals surface area contributed by atoms with Crippen LogP contribution in [0, 0.1) is 6.92 Å².